The molecule has 0 saturated heterocycles. The van der Waals surface area contributed by atoms with Gasteiger partial charge in [-0.2, -0.15) is 18.3 Å². The van der Waals surface area contributed by atoms with Gasteiger partial charge in [-0.15, -0.1) is 0 Å². The van der Waals surface area contributed by atoms with Crippen molar-refractivity contribution in [2.75, 3.05) is 12.8 Å². The SMILES string of the molecule is CN(N)N/C(=C\Cc1ccccc1N)C(C)(C)C.NCc1ccccc1C(F)(F)F. The fourth-order valence-electron chi connectivity index (χ4n) is 2.62. The molecule has 2 aromatic carbocycles. The number of hydrazine groups is 2. The van der Waals surface area contributed by atoms with Crippen molar-refractivity contribution in [1.29, 1.82) is 0 Å². The first kappa shape index (κ1) is 25.5. The number of benzene rings is 2. The average Bonchev–Trinajstić information content (AvgIpc) is 2.65. The Bertz CT molecular complexity index is 824. The minimum Gasteiger partial charge on any atom is -0.398 e. The second-order valence-corrected chi connectivity index (χ2v) is 7.85. The maximum absolute atomic E-state index is 12.2. The monoisotopic (exact) mass is 423 g/mol. The molecule has 0 saturated carbocycles. The van der Waals surface area contributed by atoms with Gasteiger partial charge in [0, 0.05) is 30.4 Å². The molecule has 166 valence electrons. The van der Waals surface area contributed by atoms with Gasteiger partial charge in [0.25, 0.3) is 0 Å². The summed E-state index contributed by atoms with van der Waals surface area (Å²) in [5.41, 5.74) is 16.7. The number of nitrogens with one attached hydrogen (secondary N) is 1. The Kier molecular flexibility index (Phi) is 9.35. The molecule has 8 heteroatoms. The highest BCUT2D eigenvalue weighted by molar-refractivity contribution is 5.47. The largest absolute Gasteiger partial charge is 0.416 e. The number of para-hydroxylation sites is 1. The van der Waals surface area contributed by atoms with E-state index in [0.717, 1.165) is 29.4 Å². The molecule has 5 nitrogen and oxygen atoms in total. The topological polar surface area (TPSA) is 93.3 Å². The van der Waals surface area contributed by atoms with Crippen molar-refractivity contribution in [3.63, 3.8) is 0 Å². The van der Waals surface area contributed by atoms with Crippen LogP contribution in [0.3, 0.4) is 0 Å². The average molecular weight is 424 g/mol. The number of nitrogen functional groups attached to an aromatic ring is 1. The third kappa shape index (κ3) is 8.44. The number of nitrogens with zero attached hydrogens (tertiary/aromatic N) is 1. The van der Waals surface area contributed by atoms with Crippen LogP contribution in [-0.4, -0.2) is 12.2 Å². The fourth-order valence-corrected chi connectivity index (χ4v) is 2.62. The molecule has 0 bridgehead atoms. The zero-order chi connectivity index (χ0) is 22.9. The molecule has 0 aromatic heterocycles. The highest BCUT2D eigenvalue weighted by Gasteiger charge is 2.32. The molecule has 30 heavy (non-hydrogen) atoms. The van der Waals surface area contributed by atoms with E-state index < -0.39 is 11.7 Å². The number of hydrogen-bond acceptors (Lipinski definition) is 5. The van der Waals surface area contributed by atoms with E-state index in [2.05, 4.69) is 32.3 Å². The first-order valence-corrected chi connectivity index (χ1v) is 9.50. The van der Waals surface area contributed by atoms with Gasteiger partial charge in [0.2, 0.25) is 0 Å². The zero-order valence-corrected chi connectivity index (χ0v) is 17.9. The highest BCUT2D eigenvalue weighted by Crippen LogP contribution is 2.31. The summed E-state index contributed by atoms with van der Waals surface area (Å²) in [7, 11) is 1.77. The predicted molar refractivity (Wildman–Crippen MR) is 117 cm³/mol. The van der Waals surface area contributed by atoms with Gasteiger partial charge in [0.1, 0.15) is 0 Å². The zero-order valence-electron chi connectivity index (χ0n) is 17.9. The lowest BCUT2D eigenvalue weighted by atomic mass is 9.91. The van der Waals surface area contributed by atoms with E-state index in [9.17, 15) is 13.2 Å². The molecule has 2 aromatic rings. The summed E-state index contributed by atoms with van der Waals surface area (Å²) in [6.07, 6.45) is -1.37. The van der Waals surface area contributed by atoms with Crippen LogP contribution in [0.5, 0.6) is 0 Å². The van der Waals surface area contributed by atoms with Crippen LogP contribution in [-0.2, 0) is 19.1 Å². The van der Waals surface area contributed by atoms with E-state index in [0.29, 0.717) is 0 Å². The number of allylic oxidation sites excluding steroid dienone is 2. The van der Waals surface area contributed by atoms with Crippen molar-refractivity contribution in [2.24, 2.45) is 17.0 Å². The normalized spacial score (nSPS) is 12.4. The van der Waals surface area contributed by atoms with Crippen molar-refractivity contribution < 1.29 is 13.2 Å². The molecule has 0 radical (unpaired) electrons. The third-order valence-corrected chi connectivity index (χ3v) is 4.23. The highest BCUT2D eigenvalue weighted by atomic mass is 19.4. The number of halogens is 3. The number of alkyl halides is 3. The van der Waals surface area contributed by atoms with Crippen molar-refractivity contribution in [3.05, 3.63) is 77.0 Å². The van der Waals surface area contributed by atoms with Gasteiger partial charge in [-0.25, -0.2) is 0 Å². The molecule has 0 fully saturated rings. The lowest BCUT2D eigenvalue weighted by Gasteiger charge is -2.27. The molecular weight excluding hydrogens is 391 g/mol. The minimum absolute atomic E-state index is 0.0111. The van der Waals surface area contributed by atoms with Gasteiger partial charge >= 0.3 is 6.18 Å². The molecule has 0 heterocycles. The quantitative estimate of drug-likeness (QED) is 0.328. The maximum atomic E-state index is 12.2. The molecule has 0 atom stereocenters. The van der Waals surface area contributed by atoms with Gasteiger partial charge in [0.05, 0.1) is 5.56 Å². The number of nitrogens with two attached hydrogens (primary N) is 3. The van der Waals surface area contributed by atoms with Crippen LogP contribution < -0.4 is 22.7 Å². The number of rotatable bonds is 5. The summed E-state index contributed by atoms with van der Waals surface area (Å²) in [4.78, 5) is 0. The first-order chi connectivity index (χ1) is 13.9. The van der Waals surface area contributed by atoms with E-state index in [1.165, 1.54) is 23.3 Å². The van der Waals surface area contributed by atoms with Crippen LogP contribution in [0.15, 0.2) is 60.3 Å². The van der Waals surface area contributed by atoms with Gasteiger partial charge in [-0.05, 0) is 29.7 Å². The second-order valence-electron chi connectivity index (χ2n) is 7.85. The van der Waals surface area contributed by atoms with E-state index >= 15 is 0 Å². The molecule has 0 aliphatic rings. The summed E-state index contributed by atoms with van der Waals surface area (Å²) in [5.74, 6) is 5.65. The summed E-state index contributed by atoms with van der Waals surface area (Å²) in [5, 5.41) is 1.46. The predicted octanol–water partition coefficient (Wildman–Crippen LogP) is 4.22. The summed E-state index contributed by atoms with van der Waals surface area (Å²) < 4.78 is 36.5. The Morgan fingerprint density at radius 3 is 1.97 bits per heavy atom. The Balaban J connectivity index is 0.000000325. The van der Waals surface area contributed by atoms with Crippen LogP contribution in [0, 0.1) is 5.41 Å². The Morgan fingerprint density at radius 2 is 1.53 bits per heavy atom. The molecule has 2 rings (SSSR count). The standard InChI is InChI=1S/C14H24N4.C8H8F3N/c1-14(2,3)13(17-18(4)16)10-9-11-7-5-6-8-12(11)15;9-8(10,11)7-4-2-1-3-6(7)5-12/h5-8,10,17H,9,15-16H2,1-4H3;1-4H,5,12H2/b13-10-;. The van der Waals surface area contributed by atoms with Crippen LogP contribution in [0.1, 0.15) is 37.5 Å². The number of hydrogen-bond donors (Lipinski definition) is 4. The van der Waals surface area contributed by atoms with Gasteiger partial charge in [-0.1, -0.05) is 63.2 Å². The van der Waals surface area contributed by atoms with Crippen molar-refractivity contribution in [3.8, 4) is 0 Å². The molecule has 0 amide bonds. The Labute approximate surface area is 176 Å². The van der Waals surface area contributed by atoms with Crippen molar-refractivity contribution >= 4 is 5.69 Å². The molecule has 0 spiro atoms. The maximum Gasteiger partial charge on any atom is 0.416 e. The third-order valence-electron chi connectivity index (χ3n) is 4.23. The van der Waals surface area contributed by atoms with Crippen LogP contribution >= 0.6 is 0 Å². The van der Waals surface area contributed by atoms with Crippen LogP contribution in [0.2, 0.25) is 0 Å². The van der Waals surface area contributed by atoms with Gasteiger partial charge in [-0.3, -0.25) is 5.84 Å². The first-order valence-electron chi connectivity index (χ1n) is 9.50. The van der Waals surface area contributed by atoms with E-state index in [1.807, 2.05) is 24.3 Å². The minimum atomic E-state index is -4.30. The van der Waals surface area contributed by atoms with Crippen molar-refractivity contribution in [2.45, 2.75) is 39.9 Å². The van der Waals surface area contributed by atoms with E-state index in [1.54, 1.807) is 7.05 Å². The molecule has 7 N–H and O–H groups in total. The lowest BCUT2D eigenvalue weighted by molar-refractivity contribution is -0.138. The molecule has 0 unspecified atom stereocenters. The smallest absolute Gasteiger partial charge is 0.398 e. The molecule has 0 aliphatic carbocycles. The van der Waals surface area contributed by atoms with E-state index in [-0.39, 0.29) is 17.5 Å². The van der Waals surface area contributed by atoms with Crippen LogP contribution in [0.4, 0.5) is 18.9 Å². The fraction of sp³-hybridized carbons (Fsp3) is 0.364. The second kappa shape index (κ2) is 11.0. The van der Waals surface area contributed by atoms with Crippen LogP contribution in [0.25, 0.3) is 0 Å². The molecular formula is C22H32F3N5. The Morgan fingerprint density at radius 1 is 1.00 bits per heavy atom. The molecule has 0 aliphatic heterocycles. The van der Waals surface area contributed by atoms with Gasteiger partial charge < -0.3 is 16.9 Å². The Hall–Kier alpha value is -2.55. The van der Waals surface area contributed by atoms with Gasteiger partial charge in [0.15, 0.2) is 0 Å². The summed E-state index contributed by atoms with van der Waals surface area (Å²) in [6, 6.07) is 13.2. The summed E-state index contributed by atoms with van der Waals surface area (Å²) >= 11 is 0. The van der Waals surface area contributed by atoms with Crippen molar-refractivity contribution in [1.82, 2.24) is 10.5 Å². The van der Waals surface area contributed by atoms with E-state index in [4.69, 9.17) is 17.3 Å². The number of anilines is 1. The summed E-state index contributed by atoms with van der Waals surface area (Å²) in [6.45, 7) is 6.34. The lowest BCUT2D eigenvalue weighted by Crippen LogP contribution is -2.42.